The topological polar surface area (TPSA) is 82.7 Å². The number of pyridine rings is 1. The molecule has 4 aromatic rings. The Labute approximate surface area is 201 Å². The van der Waals surface area contributed by atoms with Gasteiger partial charge in [-0.1, -0.05) is 13.0 Å². The van der Waals surface area contributed by atoms with Crippen molar-refractivity contribution in [1.82, 2.24) is 24.1 Å². The first-order chi connectivity index (χ1) is 16.6. The SMILES string of the molecule is CCS(=O)(=O)c1c(-c2nc3cc(C(F)(F)F)ncc3n2C)nc(-c2ccc(C(F)(F)F)cc2C)n1C. The molecular formula is C22H19F6N5O2S. The largest absolute Gasteiger partial charge is 0.433 e. The second-order valence-corrected chi connectivity index (χ2v) is 10.3. The van der Waals surface area contributed by atoms with Gasteiger partial charge in [0, 0.05) is 19.7 Å². The second kappa shape index (κ2) is 8.32. The van der Waals surface area contributed by atoms with E-state index in [1.807, 2.05) is 0 Å². The number of sulfone groups is 1. The monoisotopic (exact) mass is 531 g/mol. The highest BCUT2D eigenvalue weighted by Crippen LogP contribution is 2.37. The number of halogens is 6. The molecule has 0 radical (unpaired) electrons. The van der Waals surface area contributed by atoms with E-state index < -0.39 is 33.4 Å². The van der Waals surface area contributed by atoms with Crippen molar-refractivity contribution in [1.29, 1.82) is 0 Å². The minimum absolute atomic E-state index is 0.0374. The minimum atomic E-state index is -4.71. The second-order valence-electron chi connectivity index (χ2n) is 8.13. The Morgan fingerprint density at radius 2 is 1.58 bits per heavy atom. The van der Waals surface area contributed by atoms with Crippen LogP contribution in [0.3, 0.4) is 0 Å². The van der Waals surface area contributed by atoms with Crippen molar-refractivity contribution in [3.8, 4) is 22.9 Å². The highest BCUT2D eigenvalue weighted by molar-refractivity contribution is 7.91. The lowest BCUT2D eigenvalue weighted by atomic mass is 10.0. The molecule has 0 aliphatic rings. The van der Waals surface area contributed by atoms with E-state index in [4.69, 9.17) is 0 Å². The fraction of sp³-hybridized carbons (Fsp3) is 0.318. The van der Waals surface area contributed by atoms with E-state index in [0.717, 1.165) is 24.4 Å². The van der Waals surface area contributed by atoms with E-state index in [1.54, 1.807) is 0 Å². The van der Waals surface area contributed by atoms with Crippen LogP contribution in [-0.2, 0) is 36.3 Å². The zero-order valence-electron chi connectivity index (χ0n) is 19.3. The Bertz CT molecular complexity index is 1600. The summed E-state index contributed by atoms with van der Waals surface area (Å²) in [5.74, 6) is -0.303. The summed E-state index contributed by atoms with van der Waals surface area (Å²) in [4.78, 5) is 12.1. The van der Waals surface area contributed by atoms with Gasteiger partial charge in [-0.15, -0.1) is 0 Å². The van der Waals surface area contributed by atoms with Crippen LogP contribution in [0.5, 0.6) is 0 Å². The van der Waals surface area contributed by atoms with Crippen molar-refractivity contribution in [3.05, 3.63) is 47.3 Å². The molecule has 3 heterocycles. The van der Waals surface area contributed by atoms with E-state index in [1.165, 1.54) is 43.1 Å². The Balaban J connectivity index is 1.99. The van der Waals surface area contributed by atoms with Gasteiger partial charge < -0.3 is 9.13 Å². The molecule has 192 valence electrons. The van der Waals surface area contributed by atoms with Crippen molar-refractivity contribution in [3.63, 3.8) is 0 Å². The number of aromatic nitrogens is 5. The normalized spacial score (nSPS) is 13.1. The van der Waals surface area contributed by atoms with Crippen molar-refractivity contribution < 1.29 is 34.8 Å². The van der Waals surface area contributed by atoms with Crippen LogP contribution in [0.25, 0.3) is 33.9 Å². The zero-order chi connectivity index (χ0) is 26.8. The predicted octanol–water partition coefficient (Wildman–Crippen LogP) is 5.18. The number of alkyl halides is 6. The van der Waals surface area contributed by atoms with Crippen molar-refractivity contribution in [2.45, 2.75) is 31.2 Å². The highest BCUT2D eigenvalue weighted by Gasteiger charge is 2.35. The maximum atomic E-state index is 13.1. The Morgan fingerprint density at radius 1 is 0.917 bits per heavy atom. The van der Waals surface area contributed by atoms with Crippen LogP contribution in [0.1, 0.15) is 23.7 Å². The lowest BCUT2D eigenvalue weighted by Crippen LogP contribution is -2.12. The number of nitrogens with zero attached hydrogens (tertiary/aromatic N) is 5. The molecule has 0 aliphatic heterocycles. The Kier molecular flexibility index (Phi) is 5.93. The first-order valence-electron chi connectivity index (χ1n) is 10.4. The number of rotatable bonds is 4. The van der Waals surface area contributed by atoms with Crippen LogP contribution < -0.4 is 0 Å². The summed E-state index contributed by atoms with van der Waals surface area (Å²) in [7, 11) is -1.08. The molecular weight excluding hydrogens is 512 g/mol. The molecule has 0 aliphatic carbocycles. The van der Waals surface area contributed by atoms with Gasteiger partial charge in [-0.25, -0.2) is 23.4 Å². The molecule has 0 fully saturated rings. The summed E-state index contributed by atoms with van der Waals surface area (Å²) >= 11 is 0. The van der Waals surface area contributed by atoms with Gasteiger partial charge in [0.1, 0.15) is 17.2 Å². The van der Waals surface area contributed by atoms with E-state index in [-0.39, 0.29) is 50.3 Å². The third-order valence-corrected chi connectivity index (χ3v) is 7.60. The number of aryl methyl sites for hydroxylation is 2. The van der Waals surface area contributed by atoms with Crippen molar-refractivity contribution in [2.24, 2.45) is 14.1 Å². The van der Waals surface area contributed by atoms with Crippen molar-refractivity contribution in [2.75, 3.05) is 5.75 Å². The van der Waals surface area contributed by atoms with E-state index in [0.29, 0.717) is 0 Å². The maximum Gasteiger partial charge on any atom is 0.433 e. The molecule has 0 atom stereocenters. The number of hydrogen-bond acceptors (Lipinski definition) is 5. The fourth-order valence-corrected chi connectivity index (χ4v) is 5.12. The van der Waals surface area contributed by atoms with Gasteiger partial charge in [0.25, 0.3) is 0 Å². The first-order valence-corrected chi connectivity index (χ1v) is 12.1. The summed E-state index contributed by atoms with van der Waals surface area (Å²) in [5.41, 5.74) is -1.59. The summed E-state index contributed by atoms with van der Waals surface area (Å²) in [6.07, 6.45) is -8.30. The summed E-state index contributed by atoms with van der Waals surface area (Å²) in [6, 6.07) is 3.74. The van der Waals surface area contributed by atoms with Crippen LogP contribution in [0, 0.1) is 6.92 Å². The van der Waals surface area contributed by atoms with Gasteiger partial charge >= 0.3 is 12.4 Å². The average Bonchev–Trinajstić information content (AvgIpc) is 3.29. The van der Waals surface area contributed by atoms with Gasteiger partial charge in [-0.05, 0) is 30.7 Å². The number of benzene rings is 1. The smallest absolute Gasteiger partial charge is 0.324 e. The maximum absolute atomic E-state index is 13.1. The van der Waals surface area contributed by atoms with Gasteiger partial charge in [-0.2, -0.15) is 26.3 Å². The van der Waals surface area contributed by atoms with Crippen LogP contribution >= 0.6 is 0 Å². The van der Waals surface area contributed by atoms with Gasteiger partial charge in [0.15, 0.2) is 20.7 Å². The van der Waals surface area contributed by atoms with E-state index in [2.05, 4.69) is 15.0 Å². The minimum Gasteiger partial charge on any atom is -0.324 e. The average molecular weight is 531 g/mol. The molecule has 7 nitrogen and oxygen atoms in total. The molecule has 0 unspecified atom stereocenters. The zero-order valence-corrected chi connectivity index (χ0v) is 20.1. The molecule has 4 rings (SSSR count). The van der Waals surface area contributed by atoms with E-state index in [9.17, 15) is 34.8 Å². The number of fused-ring (bicyclic) bond motifs is 1. The third kappa shape index (κ3) is 4.22. The summed E-state index contributed by atoms with van der Waals surface area (Å²) in [5, 5.41) is -0.262. The molecule has 0 spiro atoms. The lowest BCUT2D eigenvalue weighted by Gasteiger charge is -2.11. The molecule has 0 N–H and O–H groups in total. The predicted molar refractivity (Wildman–Crippen MR) is 119 cm³/mol. The van der Waals surface area contributed by atoms with Crippen LogP contribution in [-0.4, -0.2) is 38.3 Å². The van der Waals surface area contributed by atoms with Crippen molar-refractivity contribution >= 4 is 20.9 Å². The molecule has 0 saturated heterocycles. The highest BCUT2D eigenvalue weighted by atomic mass is 32.2. The van der Waals surface area contributed by atoms with Gasteiger partial charge in [-0.3, -0.25) is 0 Å². The molecule has 3 aromatic heterocycles. The quantitative estimate of drug-likeness (QED) is 0.339. The molecule has 0 saturated carbocycles. The summed E-state index contributed by atoms with van der Waals surface area (Å²) in [6.45, 7) is 2.84. The molecule has 1 aromatic carbocycles. The number of imidazole rings is 2. The Morgan fingerprint density at radius 3 is 2.14 bits per heavy atom. The van der Waals surface area contributed by atoms with Crippen LogP contribution in [0.2, 0.25) is 0 Å². The summed E-state index contributed by atoms with van der Waals surface area (Å²) < 4.78 is 107. The van der Waals surface area contributed by atoms with E-state index >= 15 is 0 Å². The molecule has 36 heavy (non-hydrogen) atoms. The lowest BCUT2D eigenvalue weighted by molar-refractivity contribution is -0.141. The van der Waals surface area contributed by atoms with Crippen LogP contribution in [0.15, 0.2) is 35.5 Å². The fourth-order valence-electron chi connectivity index (χ4n) is 3.91. The molecule has 14 heteroatoms. The van der Waals surface area contributed by atoms with Gasteiger partial charge in [0.05, 0.1) is 28.5 Å². The standard InChI is InChI=1S/C22H19F6N5O2S/c1-5-36(34,35)20-17(19-30-14-9-16(22(26,27)28)29-10-15(14)32(19)3)31-18(33(20)4)13-7-6-12(8-11(13)2)21(23,24)25/h6-10H,5H2,1-4H3. The Hall–Kier alpha value is -3.42. The first kappa shape index (κ1) is 25.7. The molecule has 0 bridgehead atoms. The van der Waals surface area contributed by atoms with Gasteiger partial charge in [0.2, 0.25) is 0 Å². The number of hydrogen-bond donors (Lipinski definition) is 0. The third-order valence-electron chi connectivity index (χ3n) is 5.78. The van der Waals surface area contributed by atoms with Crippen LogP contribution in [0.4, 0.5) is 26.3 Å². The molecule has 0 amide bonds.